The van der Waals surface area contributed by atoms with E-state index in [0.717, 1.165) is 5.69 Å². The summed E-state index contributed by atoms with van der Waals surface area (Å²) >= 11 is 0. The number of rotatable bonds is 5. The average molecular weight is 219 g/mol. The molecule has 0 radical (unpaired) electrons. The highest BCUT2D eigenvalue weighted by atomic mass is 16.4. The monoisotopic (exact) mass is 219 g/mol. The molecule has 0 saturated carbocycles. The van der Waals surface area contributed by atoms with Crippen LogP contribution in [0.15, 0.2) is 18.3 Å². The van der Waals surface area contributed by atoms with Crippen molar-refractivity contribution < 1.29 is 9.90 Å². The Labute approximate surface area is 93.9 Å². The van der Waals surface area contributed by atoms with Crippen molar-refractivity contribution in [3.8, 4) is 6.07 Å². The summed E-state index contributed by atoms with van der Waals surface area (Å²) in [7, 11) is 1.89. The van der Waals surface area contributed by atoms with Crippen molar-refractivity contribution in [1.82, 2.24) is 9.88 Å². The number of carboxylic acid groups (broad SMARTS) is 1. The first-order chi connectivity index (χ1) is 7.63. The number of hydrogen-bond acceptors (Lipinski definition) is 4. The van der Waals surface area contributed by atoms with Crippen LogP contribution in [-0.2, 0) is 6.54 Å². The number of hydrogen-bond donors (Lipinski definition) is 1. The quantitative estimate of drug-likeness (QED) is 0.803. The van der Waals surface area contributed by atoms with Gasteiger partial charge in [-0.2, -0.15) is 5.26 Å². The Kier molecular flexibility index (Phi) is 4.42. The predicted octanol–water partition coefficient (Wildman–Crippen LogP) is 1.13. The molecule has 5 nitrogen and oxygen atoms in total. The van der Waals surface area contributed by atoms with Gasteiger partial charge in [0.05, 0.1) is 17.3 Å². The maximum atomic E-state index is 10.6. The van der Waals surface area contributed by atoms with Gasteiger partial charge in [0.2, 0.25) is 0 Å². The Bertz CT molecular complexity index is 395. The summed E-state index contributed by atoms with van der Waals surface area (Å²) in [5.41, 5.74) is 0.980. The summed E-state index contributed by atoms with van der Waals surface area (Å²) in [6, 6.07) is 5.29. The van der Waals surface area contributed by atoms with Crippen LogP contribution < -0.4 is 0 Å². The first-order valence-electron chi connectivity index (χ1n) is 4.87. The molecular weight excluding hydrogens is 206 g/mol. The van der Waals surface area contributed by atoms with Crippen LogP contribution in [0, 0.1) is 11.3 Å². The number of carbonyl (C=O) groups is 1. The smallest absolute Gasteiger partial charge is 0.337 e. The van der Waals surface area contributed by atoms with Crippen molar-refractivity contribution in [2.75, 3.05) is 13.6 Å². The van der Waals surface area contributed by atoms with Crippen molar-refractivity contribution in [1.29, 1.82) is 5.26 Å². The number of aromatic nitrogens is 1. The maximum absolute atomic E-state index is 10.6. The molecule has 1 N–H and O–H groups in total. The molecule has 1 aromatic rings. The van der Waals surface area contributed by atoms with Gasteiger partial charge in [0.25, 0.3) is 0 Å². The van der Waals surface area contributed by atoms with E-state index < -0.39 is 5.97 Å². The Morgan fingerprint density at radius 2 is 2.38 bits per heavy atom. The van der Waals surface area contributed by atoms with Gasteiger partial charge in [0.15, 0.2) is 0 Å². The highest BCUT2D eigenvalue weighted by Gasteiger charge is 2.04. The first kappa shape index (κ1) is 12.1. The third kappa shape index (κ3) is 3.67. The number of nitriles is 1. The zero-order valence-corrected chi connectivity index (χ0v) is 9.05. The van der Waals surface area contributed by atoms with E-state index in [1.807, 2.05) is 11.9 Å². The standard InChI is InChI=1S/C11H13N3O2/c1-14(6-2-5-12)8-10-4-3-9(7-13-10)11(15)16/h3-4,7H,2,6,8H2,1H3,(H,15,16). The Morgan fingerprint density at radius 1 is 1.62 bits per heavy atom. The lowest BCUT2D eigenvalue weighted by Crippen LogP contribution is -2.19. The molecule has 1 rings (SSSR count). The van der Waals surface area contributed by atoms with Crippen LogP contribution in [0.3, 0.4) is 0 Å². The van der Waals surface area contributed by atoms with E-state index >= 15 is 0 Å². The maximum Gasteiger partial charge on any atom is 0.337 e. The molecule has 0 amide bonds. The van der Waals surface area contributed by atoms with Gasteiger partial charge in [-0.1, -0.05) is 0 Å². The lowest BCUT2D eigenvalue weighted by Gasteiger charge is -2.13. The third-order valence-corrected chi connectivity index (χ3v) is 2.11. The third-order valence-electron chi connectivity index (χ3n) is 2.11. The molecule has 0 aliphatic carbocycles. The topological polar surface area (TPSA) is 77.2 Å². The van der Waals surface area contributed by atoms with Gasteiger partial charge >= 0.3 is 5.97 Å². The van der Waals surface area contributed by atoms with Gasteiger partial charge in [0.1, 0.15) is 0 Å². The SMILES string of the molecule is CN(CCC#N)Cc1ccc(C(=O)O)cn1. The van der Waals surface area contributed by atoms with Gasteiger partial charge < -0.3 is 5.11 Å². The van der Waals surface area contributed by atoms with E-state index in [0.29, 0.717) is 19.5 Å². The molecule has 0 aliphatic rings. The van der Waals surface area contributed by atoms with Crippen molar-refractivity contribution >= 4 is 5.97 Å². The van der Waals surface area contributed by atoms with Gasteiger partial charge in [-0.3, -0.25) is 9.88 Å². The lowest BCUT2D eigenvalue weighted by atomic mass is 10.2. The highest BCUT2D eigenvalue weighted by molar-refractivity contribution is 5.87. The minimum atomic E-state index is -0.975. The molecule has 0 saturated heterocycles. The van der Waals surface area contributed by atoms with Crippen molar-refractivity contribution in [3.63, 3.8) is 0 Å². The fraction of sp³-hybridized carbons (Fsp3) is 0.364. The largest absolute Gasteiger partial charge is 0.478 e. The molecule has 16 heavy (non-hydrogen) atoms. The number of aromatic carboxylic acids is 1. The molecule has 5 heteroatoms. The van der Waals surface area contributed by atoms with E-state index in [1.54, 1.807) is 6.07 Å². The van der Waals surface area contributed by atoms with Crippen LogP contribution in [0.5, 0.6) is 0 Å². The summed E-state index contributed by atoms with van der Waals surface area (Å²) in [4.78, 5) is 16.6. The van der Waals surface area contributed by atoms with Crippen LogP contribution in [0.25, 0.3) is 0 Å². The van der Waals surface area contributed by atoms with Crippen molar-refractivity contribution in [2.45, 2.75) is 13.0 Å². The van der Waals surface area contributed by atoms with Crippen LogP contribution >= 0.6 is 0 Å². The van der Waals surface area contributed by atoms with E-state index in [1.165, 1.54) is 12.3 Å². The molecule has 0 spiro atoms. The molecular formula is C11H13N3O2. The van der Waals surface area contributed by atoms with Gasteiger partial charge in [-0.05, 0) is 19.2 Å². The van der Waals surface area contributed by atoms with E-state index in [9.17, 15) is 4.79 Å². The zero-order chi connectivity index (χ0) is 12.0. The van der Waals surface area contributed by atoms with Crippen LogP contribution in [-0.4, -0.2) is 34.6 Å². The fourth-order valence-corrected chi connectivity index (χ4v) is 1.24. The molecule has 0 fully saturated rings. The van der Waals surface area contributed by atoms with E-state index in [-0.39, 0.29) is 5.56 Å². The molecule has 0 atom stereocenters. The number of carboxylic acids is 1. The summed E-state index contributed by atoms with van der Waals surface area (Å²) in [5, 5.41) is 17.1. The second kappa shape index (κ2) is 5.83. The molecule has 1 aromatic heterocycles. The molecule has 1 heterocycles. The zero-order valence-electron chi connectivity index (χ0n) is 9.05. The second-order valence-electron chi connectivity index (χ2n) is 3.49. The number of nitrogens with zero attached hydrogens (tertiary/aromatic N) is 3. The normalized spacial score (nSPS) is 10.1. The molecule has 0 aliphatic heterocycles. The first-order valence-corrected chi connectivity index (χ1v) is 4.87. The van der Waals surface area contributed by atoms with Crippen LogP contribution in [0.2, 0.25) is 0 Å². The lowest BCUT2D eigenvalue weighted by molar-refractivity contribution is 0.0696. The second-order valence-corrected chi connectivity index (χ2v) is 3.49. The minimum Gasteiger partial charge on any atom is -0.478 e. The van der Waals surface area contributed by atoms with E-state index in [4.69, 9.17) is 10.4 Å². The molecule has 0 unspecified atom stereocenters. The van der Waals surface area contributed by atoms with Crippen LogP contribution in [0.4, 0.5) is 0 Å². The molecule has 84 valence electrons. The summed E-state index contributed by atoms with van der Waals surface area (Å²) in [6.07, 6.45) is 1.82. The van der Waals surface area contributed by atoms with Gasteiger partial charge in [0, 0.05) is 25.7 Å². The molecule has 0 aromatic carbocycles. The van der Waals surface area contributed by atoms with Gasteiger partial charge in [-0.25, -0.2) is 4.79 Å². The summed E-state index contributed by atoms with van der Waals surface area (Å²) in [5.74, 6) is -0.975. The Balaban J connectivity index is 2.55. The highest BCUT2D eigenvalue weighted by Crippen LogP contribution is 2.03. The summed E-state index contributed by atoms with van der Waals surface area (Å²) < 4.78 is 0. The predicted molar refractivity (Wildman–Crippen MR) is 57.8 cm³/mol. The van der Waals surface area contributed by atoms with Crippen molar-refractivity contribution in [3.05, 3.63) is 29.6 Å². The van der Waals surface area contributed by atoms with Crippen molar-refractivity contribution in [2.24, 2.45) is 0 Å². The summed E-state index contributed by atoms with van der Waals surface area (Å²) in [6.45, 7) is 1.29. The fourth-order valence-electron chi connectivity index (χ4n) is 1.24. The van der Waals surface area contributed by atoms with E-state index in [2.05, 4.69) is 11.1 Å². The number of pyridine rings is 1. The molecule has 0 bridgehead atoms. The average Bonchev–Trinajstić information content (AvgIpc) is 2.27. The van der Waals surface area contributed by atoms with Crippen LogP contribution in [0.1, 0.15) is 22.5 Å². The Hall–Kier alpha value is -1.93. The minimum absolute atomic E-state index is 0.184. The Morgan fingerprint density at radius 3 is 2.88 bits per heavy atom. The van der Waals surface area contributed by atoms with Gasteiger partial charge in [-0.15, -0.1) is 0 Å².